The number of aromatic amines is 2. The number of nitrogens with one attached hydrogen (secondary N) is 2. The van der Waals surface area contributed by atoms with Gasteiger partial charge in [0.15, 0.2) is 0 Å². The Morgan fingerprint density at radius 2 is 2.13 bits per heavy atom. The SMILES string of the molecule is O=C(Cc1nc2c(cnc3[nH]ccc32)[nH]1)N1CCC(F)(F)CC1. The van der Waals surface area contributed by atoms with E-state index in [2.05, 4.69) is 19.9 Å². The molecule has 0 aromatic carbocycles. The number of pyridine rings is 1. The molecule has 1 fully saturated rings. The number of likely N-dealkylation sites (tertiary alicyclic amines) is 1. The number of imidazole rings is 1. The van der Waals surface area contributed by atoms with E-state index in [0.717, 1.165) is 22.1 Å². The number of hydrogen-bond acceptors (Lipinski definition) is 3. The standard InChI is InChI=1S/C15H15F2N5O/c16-15(17)2-5-22(6-3-15)12(23)7-11-20-10-8-19-14-9(1-4-18-14)13(10)21-11/h1,4,8H,2-3,5-7H2,(H,18,19)(H,20,21). The number of alkyl halides is 2. The number of amides is 1. The van der Waals surface area contributed by atoms with E-state index in [9.17, 15) is 13.6 Å². The number of rotatable bonds is 2. The highest BCUT2D eigenvalue weighted by molar-refractivity contribution is 6.00. The molecule has 0 saturated carbocycles. The first-order chi connectivity index (χ1) is 11.0. The number of aromatic nitrogens is 4. The zero-order valence-electron chi connectivity index (χ0n) is 12.3. The fourth-order valence-corrected chi connectivity index (χ4v) is 2.95. The van der Waals surface area contributed by atoms with Gasteiger partial charge < -0.3 is 14.9 Å². The first-order valence-electron chi connectivity index (χ1n) is 7.48. The third kappa shape index (κ3) is 2.54. The summed E-state index contributed by atoms with van der Waals surface area (Å²) in [6.45, 7) is 0.186. The van der Waals surface area contributed by atoms with E-state index in [-0.39, 0.29) is 38.3 Å². The number of carbonyl (C=O) groups excluding carboxylic acids is 1. The Bertz CT molecular complexity index is 874. The van der Waals surface area contributed by atoms with Crippen LogP contribution in [0.15, 0.2) is 18.5 Å². The molecule has 4 heterocycles. The number of H-pyrrole nitrogens is 2. The summed E-state index contributed by atoms with van der Waals surface area (Å²) in [6, 6.07) is 1.88. The van der Waals surface area contributed by atoms with Gasteiger partial charge in [0.05, 0.1) is 18.1 Å². The molecular weight excluding hydrogens is 304 g/mol. The van der Waals surface area contributed by atoms with Crippen LogP contribution in [-0.4, -0.2) is 49.8 Å². The Labute approximate surface area is 129 Å². The van der Waals surface area contributed by atoms with Gasteiger partial charge in [-0.05, 0) is 6.07 Å². The highest BCUT2D eigenvalue weighted by Crippen LogP contribution is 2.28. The first kappa shape index (κ1) is 14.1. The van der Waals surface area contributed by atoms with Crippen LogP contribution in [0, 0.1) is 0 Å². The summed E-state index contributed by atoms with van der Waals surface area (Å²) in [7, 11) is 0. The van der Waals surface area contributed by atoms with Crippen molar-refractivity contribution >= 4 is 28.0 Å². The summed E-state index contributed by atoms with van der Waals surface area (Å²) in [5, 5.41) is 0.884. The van der Waals surface area contributed by atoms with Crippen LogP contribution in [0.4, 0.5) is 8.78 Å². The normalized spacial score (nSPS) is 17.9. The van der Waals surface area contributed by atoms with Gasteiger partial charge in [-0.2, -0.15) is 0 Å². The molecule has 3 aromatic heterocycles. The molecule has 2 N–H and O–H groups in total. The van der Waals surface area contributed by atoms with Crippen molar-refractivity contribution in [1.29, 1.82) is 0 Å². The monoisotopic (exact) mass is 319 g/mol. The van der Waals surface area contributed by atoms with Crippen LogP contribution in [-0.2, 0) is 11.2 Å². The van der Waals surface area contributed by atoms with Crippen molar-refractivity contribution in [2.24, 2.45) is 0 Å². The van der Waals surface area contributed by atoms with Crippen molar-refractivity contribution in [3.63, 3.8) is 0 Å². The molecule has 0 radical (unpaired) electrons. The molecule has 1 aliphatic heterocycles. The van der Waals surface area contributed by atoms with Crippen molar-refractivity contribution < 1.29 is 13.6 Å². The number of carbonyl (C=O) groups is 1. The van der Waals surface area contributed by atoms with Gasteiger partial charge in [-0.15, -0.1) is 0 Å². The van der Waals surface area contributed by atoms with Gasteiger partial charge in [0, 0.05) is 37.5 Å². The smallest absolute Gasteiger partial charge is 0.251 e. The van der Waals surface area contributed by atoms with Gasteiger partial charge in [0.2, 0.25) is 5.91 Å². The number of halogens is 2. The minimum atomic E-state index is -2.65. The summed E-state index contributed by atoms with van der Waals surface area (Å²) in [5.41, 5.74) is 2.24. The summed E-state index contributed by atoms with van der Waals surface area (Å²) >= 11 is 0. The lowest BCUT2D eigenvalue weighted by Gasteiger charge is -2.31. The number of fused-ring (bicyclic) bond motifs is 3. The quantitative estimate of drug-likeness (QED) is 0.760. The second-order valence-corrected chi connectivity index (χ2v) is 5.86. The second-order valence-electron chi connectivity index (χ2n) is 5.86. The predicted octanol–water partition coefficient (Wildman–Crippen LogP) is 2.24. The average Bonchev–Trinajstić information content (AvgIpc) is 3.11. The van der Waals surface area contributed by atoms with E-state index >= 15 is 0 Å². The van der Waals surface area contributed by atoms with Gasteiger partial charge in [-0.3, -0.25) is 4.79 Å². The van der Waals surface area contributed by atoms with E-state index in [0.29, 0.717) is 5.82 Å². The Kier molecular flexibility index (Phi) is 3.07. The summed E-state index contributed by atoms with van der Waals surface area (Å²) in [6.07, 6.45) is 2.98. The maximum absolute atomic E-state index is 13.2. The molecule has 0 atom stereocenters. The van der Waals surface area contributed by atoms with E-state index in [1.807, 2.05) is 6.07 Å². The van der Waals surface area contributed by atoms with Gasteiger partial charge in [0.25, 0.3) is 5.92 Å². The van der Waals surface area contributed by atoms with E-state index in [4.69, 9.17) is 0 Å². The second kappa shape index (κ2) is 5.00. The summed E-state index contributed by atoms with van der Waals surface area (Å²) in [4.78, 5) is 28.6. The topological polar surface area (TPSA) is 77.7 Å². The molecule has 0 spiro atoms. The molecule has 0 aliphatic carbocycles. The Balaban J connectivity index is 1.54. The van der Waals surface area contributed by atoms with Crippen molar-refractivity contribution in [3.05, 3.63) is 24.3 Å². The fourth-order valence-electron chi connectivity index (χ4n) is 2.95. The average molecular weight is 319 g/mol. The summed E-state index contributed by atoms with van der Waals surface area (Å²) < 4.78 is 26.3. The van der Waals surface area contributed by atoms with E-state index in [1.165, 1.54) is 4.90 Å². The maximum Gasteiger partial charge on any atom is 0.251 e. The Morgan fingerprint density at radius 3 is 2.91 bits per heavy atom. The Morgan fingerprint density at radius 1 is 1.35 bits per heavy atom. The van der Waals surface area contributed by atoms with Crippen LogP contribution in [0.2, 0.25) is 0 Å². The van der Waals surface area contributed by atoms with E-state index in [1.54, 1.807) is 12.4 Å². The highest BCUT2D eigenvalue weighted by atomic mass is 19.3. The lowest BCUT2D eigenvalue weighted by atomic mass is 10.1. The van der Waals surface area contributed by atoms with E-state index < -0.39 is 5.92 Å². The van der Waals surface area contributed by atoms with Crippen LogP contribution < -0.4 is 0 Å². The minimum absolute atomic E-state index is 0.0756. The third-order valence-corrected chi connectivity index (χ3v) is 4.25. The molecule has 3 aromatic rings. The molecule has 1 saturated heterocycles. The third-order valence-electron chi connectivity index (χ3n) is 4.25. The van der Waals surface area contributed by atoms with Crippen LogP contribution in [0.5, 0.6) is 0 Å². The molecule has 1 aliphatic rings. The maximum atomic E-state index is 13.2. The molecule has 23 heavy (non-hydrogen) atoms. The molecular formula is C15H15F2N5O. The van der Waals surface area contributed by atoms with Gasteiger partial charge in [-0.1, -0.05) is 0 Å². The van der Waals surface area contributed by atoms with Crippen LogP contribution in [0.3, 0.4) is 0 Å². The van der Waals surface area contributed by atoms with Crippen molar-refractivity contribution in [3.8, 4) is 0 Å². The zero-order chi connectivity index (χ0) is 16.0. The van der Waals surface area contributed by atoms with Crippen molar-refractivity contribution in [1.82, 2.24) is 24.8 Å². The molecule has 1 amide bonds. The van der Waals surface area contributed by atoms with Gasteiger partial charge in [0.1, 0.15) is 17.0 Å². The predicted molar refractivity (Wildman–Crippen MR) is 80.2 cm³/mol. The van der Waals surface area contributed by atoms with Crippen LogP contribution in [0.1, 0.15) is 18.7 Å². The lowest BCUT2D eigenvalue weighted by molar-refractivity contribution is -0.136. The fraction of sp³-hybridized carbons (Fsp3) is 0.400. The van der Waals surface area contributed by atoms with Gasteiger partial charge in [-0.25, -0.2) is 18.7 Å². The zero-order valence-corrected chi connectivity index (χ0v) is 12.3. The number of nitrogens with zero attached hydrogens (tertiary/aromatic N) is 3. The van der Waals surface area contributed by atoms with Crippen molar-refractivity contribution in [2.45, 2.75) is 25.2 Å². The molecule has 120 valence electrons. The van der Waals surface area contributed by atoms with Crippen LogP contribution in [0.25, 0.3) is 22.1 Å². The minimum Gasteiger partial charge on any atom is -0.346 e. The highest BCUT2D eigenvalue weighted by Gasteiger charge is 2.35. The summed E-state index contributed by atoms with van der Waals surface area (Å²) in [5.74, 6) is -2.31. The number of piperidine rings is 1. The lowest BCUT2D eigenvalue weighted by Crippen LogP contribution is -2.43. The largest absolute Gasteiger partial charge is 0.346 e. The van der Waals surface area contributed by atoms with Gasteiger partial charge >= 0.3 is 0 Å². The Hall–Kier alpha value is -2.51. The molecule has 0 bridgehead atoms. The molecule has 6 nitrogen and oxygen atoms in total. The molecule has 8 heteroatoms. The molecule has 4 rings (SSSR count). The first-order valence-corrected chi connectivity index (χ1v) is 7.48. The molecule has 0 unspecified atom stereocenters. The van der Waals surface area contributed by atoms with Crippen LogP contribution >= 0.6 is 0 Å². The van der Waals surface area contributed by atoms with Crippen molar-refractivity contribution in [2.75, 3.05) is 13.1 Å². The number of hydrogen-bond donors (Lipinski definition) is 2.